The summed E-state index contributed by atoms with van der Waals surface area (Å²) in [5.41, 5.74) is 5.36. The quantitative estimate of drug-likeness (QED) is 0.464. The Morgan fingerprint density at radius 2 is 1.71 bits per heavy atom. The standard InChI is InChI=1S/C25H26FN7O/c1-16-5-4-6-19(26)23(16)32-11-9-31(10-12-32)22-13-20-24(30-17(2)14-29-20)33(25(22)34)15-21-18(3)27-7-8-28-21/h4-8,13-14H,9-12,15H2,1-3H3. The summed E-state index contributed by atoms with van der Waals surface area (Å²) in [5, 5.41) is 0. The smallest absolute Gasteiger partial charge is 0.276 e. The number of hydrogen-bond acceptors (Lipinski definition) is 7. The first-order chi connectivity index (χ1) is 16.4. The number of halogens is 1. The molecule has 0 unspecified atom stereocenters. The summed E-state index contributed by atoms with van der Waals surface area (Å²) in [4.78, 5) is 35.7. The molecule has 1 aliphatic heterocycles. The number of rotatable bonds is 4. The Labute approximate surface area is 196 Å². The van der Waals surface area contributed by atoms with Crippen molar-refractivity contribution in [3.05, 3.63) is 81.7 Å². The average molecular weight is 460 g/mol. The van der Waals surface area contributed by atoms with Crippen LogP contribution < -0.4 is 15.4 Å². The van der Waals surface area contributed by atoms with E-state index in [1.807, 2.05) is 37.8 Å². The minimum atomic E-state index is -0.216. The number of aryl methyl sites for hydroxylation is 3. The first kappa shape index (κ1) is 21.9. The van der Waals surface area contributed by atoms with Crippen molar-refractivity contribution in [2.24, 2.45) is 0 Å². The molecule has 4 aromatic rings. The fourth-order valence-corrected chi connectivity index (χ4v) is 4.51. The lowest BCUT2D eigenvalue weighted by Gasteiger charge is -2.37. The fraction of sp³-hybridized carbons (Fsp3) is 0.320. The van der Waals surface area contributed by atoms with E-state index in [-0.39, 0.29) is 17.9 Å². The number of para-hydroxylation sites is 1. The molecule has 5 rings (SSSR count). The van der Waals surface area contributed by atoms with Crippen molar-refractivity contribution in [2.45, 2.75) is 27.3 Å². The van der Waals surface area contributed by atoms with Crippen LogP contribution in [0.1, 0.15) is 22.6 Å². The summed E-state index contributed by atoms with van der Waals surface area (Å²) < 4.78 is 16.1. The second-order valence-electron chi connectivity index (χ2n) is 8.61. The van der Waals surface area contributed by atoms with E-state index in [4.69, 9.17) is 0 Å². The number of anilines is 2. The van der Waals surface area contributed by atoms with Gasteiger partial charge in [0.05, 0.1) is 29.3 Å². The maximum atomic E-state index is 14.5. The number of aromatic nitrogens is 5. The maximum Gasteiger partial charge on any atom is 0.276 e. The zero-order chi connectivity index (χ0) is 23.8. The normalized spacial score (nSPS) is 14.1. The first-order valence-electron chi connectivity index (χ1n) is 11.3. The lowest BCUT2D eigenvalue weighted by molar-refractivity contribution is 0.594. The van der Waals surface area contributed by atoms with Gasteiger partial charge in [-0.1, -0.05) is 12.1 Å². The number of pyridine rings is 1. The fourth-order valence-electron chi connectivity index (χ4n) is 4.51. The first-order valence-corrected chi connectivity index (χ1v) is 11.3. The molecule has 1 saturated heterocycles. The van der Waals surface area contributed by atoms with E-state index in [0.717, 1.165) is 17.0 Å². The Balaban J connectivity index is 1.51. The molecule has 4 heterocycles. The van der Waals surface area contributed by atoms with Crippen LogP contribution in [0.2, 0.25) is 0 Å². The van der Waals surface area contributed by atoms with Gasteiger partial charge < -0.3 is 9.80 Å². The molecule has 1 fully saturated rings. The maximum absolute atomic E-state index is 14.5. The number of piperazine rings is 1. The summed E-state index contributed by atoms with van der Waals surface area (Å²) in [6.45, 7) is 8.32. The molecule has 0 saturated carbocycles. The summed E-state index contributed by atoms with van der Waals surface area (Å²) in [5.74, 6) is -0.216. The van der Waals surface area contributed by atoms with Gasteiger partial charge in [0.2, 0.25) is 0 Å². The van der Waals surface area contributed by atoms with Gasteiger partial charge in [-0.25, -0.2) is 9.37 Å². The van der Waals surface area contributed by atoms with Crippen molar-refractivity contribution in [1.29, 1.82) is 0 Å². The average Bonchev–Trinajstić information content (AvgIpc) is 2.82. The minimum absolute atomic E-state index is 0.145. The molecule has 0 bridgehead atoms. The second kappa shape index (κ2) is 8.81. The van der Waals surface area contributed by atoms with Gasteiger partial charge in [0.25, 0.3) is 5.56 Å². The molecule has 0 N–H and O–H groups in total. The Bertz CT molecular complexity index is 1410. The number of benzene rings is 1. The van der Waals surface area contributed by atoms with Crippen LogP contribution in [0, 0.1) is 26.6 Å². The van der Waals surface area contributed by atoms with E-state index in [1.165, 1.54) is 6.07 Å². The third kappa shape index (κ3) is 3.98. The van der Waals surface area contributed by atoms with Crippen molar-refractivity contribution in [3.8, 4) is 0 Å². The largest absolute Gasteiger partial charge is 0.365 e. The van der Waals surface area contributed by atoms with Gasteiger partial charge in [0.1, 0.15) is 17.0 Å². The van der Waals surface area contributed by atoms with E-state index < -0.39 is 0 Å². The highest BCUT2D eigenvalue weighted by Crippen LogP contribution is 2.26. The van der Waals surface area contributed by atoms with Crippen molar-refractivity contribution >= 4 is 22.5 Å². The molecule has 0 spiro atoms. The van der Waals surface area contributed by atoms with E-state index in [1.54, 1.807) is 29.2 Å². The number of hydrogen-bond donors (Lipinski definition) is 0. The molecule has 1 aliphatic rings. The predicted molar refractivity (Wildman–Crippen MR) is 130 cm³/mol. The van der Waals surface area contributed by atoms with Crippen LogP contribution in [0.4, 0.5) is 15.8 Å². The van der Waals surface area contributed by atoms with Crippen LogP contribution in [-0.4, -0.2) is 50.7 Å². The molecule has 8 nitrogen and oxygen atoms in total. The zero-order valence-electron chi connectivity index (χ0n) is 19.5. The van der Waals surface area contributed by atoms with Crippen molar-refractivity contribution in [2.75, 3.05) is 36.0 Å². The van der Waals surface area contributed by atoms with E-state index >= 15 is 0 Å². The zero-order valence-corrected chi connectivity index (χ0v) is 19.5. The minimum Gasteiger partial charge on any atom is -0.365 e. The summed E-state index contributed by atoms with van der Waals surface area (Å²) in [6, 6.07) is 6.95. The van der Waals surface area contributed by atoms with Crippen molar-refractivity contribution in [1.82, 2.24) is 24.5 Å². The molecule has 9 heteroatoms. The summed E-state index contributed by atoms with van der Waals surface area (Å²) >= 11 is 0. The molecule has 34 heavy (non-hydrogen) atoms. The number of fused-ring (bicyclic) bond motifs is 1. The van der Waals surface area contributed by atoms with Crippen molar-refractivity contribution < 1.29 is 4.39 Å². The van der Waals surface area contributed by atoms with Gasteiger partial charge in [-0.2, -0.15) is 0 Å². The van der Waals surface area contributed by atoms with Crippen LogP contribution in [0.3, 0.4) is 0 Å². The Kier molecular flexibility index (Phi) is 5.69. The van der Waals surface area contributed by atoms with Gasteiger partial charge in [0, 0.05) is 44.8 Å². The third-order valence-corrected chi connectivity index (χ3v) is 6.31. The van der Waals surface area contributed by atoms with Gasteiger partial charge in [-0.05, 0) is 38.5 Å². The molecular formula is C25H26FN7O. The predicted octanol–water partition coefficient (Wildman–Crippen LogP) is 3.02. The summed E-state index contributed by atoms with van der Waals surface area (Å²) in [6.07, 6.45) is 4.96. The highest BCUT2D eigenvalue weighted by molar-refractivity contribution is 5.75. The van der Waals surface area contributed by atoms with Crippen molar-refractivity contribution in [3.63, 3.8) is 0 Å². The molecule has 174 valence electrons. The van der Waals surface area contributed by atoms with Crippen LogP contribution >= 0.6 is 0 Å². The van der Waals surface area contributed by atoms with Gasteiger partial charge >= 0.3 is 0 Å². The Hall–Kier alpha value is -3.88. The number of nitrogens with zero attached hydrogens (tertiary/aromatic N) is 7. The van der Waals surface area contributed by atoms with E-state index in [9.17, 15) is 9.18 Å². The monoisotopic (exact) mass is 459 g/mol. The molecule has 0 aliphatic carbocycles. The topological polar surface area (TPSA) is 80.0 Å². The summed E-state index contributed by atoms with van der Waals surface area (Å²) in [7, 11) is 0. The van der Waals surface area contributed by atoms with Crippen LogP contribution in [0.15, 0.2) is 47.7 Å². The molecule has 0 atom stereocenters. The van der Waals surface area contributed by atoms with E-state index in [2.05, 4.69) is 24.8 Å². The molecule has 3 aromatic heterocycles. The second-order valence-corrected chi connectivity index (χ2v) is 8.61. The van der Waals surface area contributed by atoms with Crippen LogP contribution in [0.25, 0.3) is 11.2 Å². The lowest BCUT2D eigenvalue weighted by atomic mass is 10.1. The van der Waals surface area contributed by atoms with Crippen LogP contribution in [0.5, 0.6) is 0 Å². The molecule has 1 aromatic carbocycles. The molecule has 0 amide bonds. The molecule has 0 radical (unpaired) electrons. The Morgan fingerprint density at radius 3 is 2.44 bits per heavy atom. The Morgan fingerprint density at radius 1 is 0.971 bits per heavy atom. The van der Waals surface area contributed by atoms with Gasteiger partial charge in [-0.3, -0.25) is 24.3 Å². The van der Waals surface area contributed by atoms with E-state index in [0.29, 0.717) is 54.4 Å². The van der Waals surface area contributed by atoms with Crippen LogP contribution in [-0.2, 0) is 6.54 Å². The van der Waals surface area contributed by atoms with Gasteiger partial charge in [0.15, 0.2) is 5.65 Å². The lowest BCUT2D eigenvalue weighted by Crippen LogP contribution is -2.49. The third-order valence-electron chi connectivity index (χ3n) is 6.31. The highest BCUT2D eigenvalue weighted by atomic mass is 19.1. The SMILES string of the molecule is Cc1cnc2cc(N3CCN(c4c(C)cccc4F)CC3)c(=O)n(Cc3nccnc3C)c2n1. The van der Waals surface area contributed by atoms with Gasteiger partial charge in [-0.15, -0.1) is 0 Å². The highest BCUT2D eigenvalue weighted by Gasteiger charge is 2.24. The molecular weight excluding hydrogens is 433 g/mol.